The van der Waals surface area contributed by atoms with E-state index in [9.17, 15) is 0 Å². The summed E-state index contributed by atoms with van der Waals surface area (Å²) in [6.07, 6.45) is 1.15. The first-order valence-electron chi connectivity index (χ1n) is 6.86. The summed E-state index contributed by atoms with van der Waals surface area (Å²) >= 11 is 0. The number of hydrogen-bond acceptors (Lipinski definition) is 2. The monoisotopic (exact) mass is 252 g/mol. The molecule has 0 spiro atoms. The lowest BCUT2D eigenvalue weighted by Gasteiger charge is -2.21. The van der Waals surface area contributed by atoms with Gasteiger partial charge < -0.3 is 10.2 Å². The Balaban J connectivity index is 1.80. The molecule has 2 nitrogen and oxygen atoms in total. The Kier molecular flexibility index (Phi) is 3.16. The molecule has 1 aliphatic heterocycles. The van der Waals surface area contributed by atoms with Crippen molar-refractivity contribution >= 4 is 11.4 Å². The van der Waals surface area contributed by atoms with E-state index in [0.717, 1.165) is 19.5 Å². The number of benzene rings is 2. The van der Waals surface area contributed by atoms with Crippen molar-refractivity contribution in [3.05, 3.63) is 59.2 Å². The third-order valence-electron chi connectivity index (χ3n) is 3.83. The number of anilines is 2. The zero-order chi connectivity index (χ0) is 13.2. The predicted octanol–water partition coefficient (Wildman–Crippen LogP) is 3.60. The van der Waals surface area contributed by atoms with Gasteiger partial charge >= 0.3 is 0 Å². The highest BCUT2D eigenvalue weighted by molar-refractivity contribution is 5.58. The van der Waals surface area contributed by atoms with E-state index in [2.05, 4.69) is 66.7 Å². The van der Waals surface area contributed by atoms with Crippen LogP contribution in [0.4, 0.5) is 11.4 Å². The molecule has 0 aromatic heterocycles. The number of fused-ring (bicyclic) bond motifs is 1. The smallest absolute Gasteiger partial charge is 0.0426 e. The fraction of sp³-hybridized carbons (Fsp3) is 0.294. The summed E-state index contributed by atoms with van der Waals surface area (Å²) in [4.78, 5) is 2.32. The van der Waals surface area contributed by atoms with Crippen molar-refractivity contribution in [1.82, 2.24) is 0 Å². The highest BCUT2D eigenvalue weighted by atomic mass is 15.1. The second-order valence-electron chi connectivity index (χ2n) is 5.31. The lowest BCUT2D eigenvalue weighted by molar-refractivity contribution is 0.915. The van der Waals surface area contributed by atoms with E-state index in [-0.39, 0.29) is 0 Å². The van der Waals surface area contributed by atoms with Crippen LogP contribution in [-0.2, 0) is 13.0 Å². The van der Waals surface area contributed by atoms with E-state index < -0.39 is 0 Å². The van der Waals surface area contributed by atoms with E-state index >= 15 is 0 Å². The van der Waals surface area contributed by atoms with Gasteiger partial charge in [0.25, 0.3) is 0 Å². The second kappa shape index (κ2) is 4.96. The van der Waals surface area contributed by atoms with Gasteiger partial charge in [-0.2, -0.15) is 0 Å². The van der Waals surface area contributed by atoms with Crippen LogP contribution in [0.3, 0.4) is 0 Å². The van der Waals surface area contributed by atoms with Crippen LogP contribution in [0, 0.1) is 6.92 Å². The molecule has 0 radical (unpaired) electrons. The van der Waals surface area contributed by atoms with Crippen molar-refractivity contribution in [3.8, 4) is 0 Å². The minimum absolute atomic E-state index is 0.956. The molecular formula is C17H20N2. The fourth-order valence-corrected chi connectivity index (χ4v) is 2.81. The molecule has 98 valence electrons. The Morgan fingerprint density at radius 2 is 2.00 bits per heavy atom. The van der Waals surface area contributed by atoms with Crippen LogP contribution in [0.5, 0.6) is 0 Å². The molecule has 19 heavy (non-hydrogen) atoms. The van der Waals surface area contributed by atoms with Gasteiger partial charge in [-0.05, 0) is 42.2 Å². The molecule has 2 aromatic rings. The number of nitrogens with one attached hydrogen (secondary N) is 1. The Labute approximate surface area is 115 Å². The molecule has 2 aromatic carbocycles. The average molecular weight is 252 g/mol. The largest absolute Gasteiger partial charge is 0.384 e. The van der Waals surface area contributed by atoms with E-state index in [1.165, 1.54) is 28.1 Å². The lowest BCUT2D eigenvalue weighted by atomic mass is 10.1. The van der Waals surface area contributed by atoms with Crippen LogP contribution >= 0.6 is 0 Å². The number of rotatable bonds is 3. The van der Waals surface area contributed by atoms with Crippen LogP contribution in [0.1, 0.15) is 16.7 Å². The molecule has 0 amide bonds. The molecule has 0 unspecified atom stereocenters. The first-order chi connectivity index (χ1) is 9.24. The summed E-state index contributed by atoms with van der Waals surface area (Å²) < 4.78 is 0. The van der Waals surface area contributed by atoms with Gasteiger partial charge in [0.15, 0.2) is 0 Å². The van der Waals surface area contributed by atoms with Crippen LogP contribution in [-0.4, -0.2) is 13.6 Å². The van der Waals surface area contributed by atoms with Crippen molar-refractivity contribution in [2.24, 2.45) is 0 Å². The zero-order valence-corrected chi connectivity index (χ0v) is 11.6. The highest BCUT2D eigenvalue weighted by Gasteiger charge is 2.11. The number of hydrogen-bond donors (Lipinski definition) is 1. The fourth-order valence-electron chi connectivity index (χ4n) is 2.81. The van der Waals surface area contributed by atoms with Crippen molar-refractivity contribution in [2.75, 3.05) is 23.8 Å². The third kappa shape index (κ3) is 2.43. The molecule has 1 N–H and O–H groups in total. The van der Waals surface area contributed by atoms with E-state index in [4.69, 9.17) is 0 Å². The van der Waals surface area contributed by atoms with Gasteiger partial charge in [0.1, 0.15) is 0 Å². The summed E-state index contributed by atoms with van der Waals surface area (Å²) in [5, 5.41) is 3.41. The molecule has 3 rings (SSSR count). The van der Waals surface area contributed by atoms with Crippen LogP contribution < -0.4 is 10.2 Å². The molecule has 0 saturated heterocycles. The lowest BCUT2D eigenvalue weighted by Crippen LogP contribution is -2.17. The van der Waals surface area contributed by atoms with Gasteiger partial charge in [-0.25, -0.2) is 0 Å². The Morgan fingerprint density at radius 1 is 1.16 bits per heavy atom. The molecule has 0 bridgehead atoms. The summed E-state index contributed by atoms with van der Waals surface area (Å²) in [7, 11) is 2.16. The average Bonchev–Trinajstić information content (AvgIpc) is 2.86. The highest BCUT2D eigenvalue weighted by Crippen LogP contribution is 2.25. The van der Waals surface area contributed by atoms with Gasteiger partial charge in [0, 0.05) is 31.5 Å². The van der Waals surface area contributed by atoms with Gasteiger partial charge in [0.05, 0.1) is 0 Å². The first-order valence-corrected chi connectivity index (χ1v) is 6.86. The molecule has 0 aliphatic carbocycles. The standard InChI is InChI=1S/C17H20N2/c1-13-5-3-4-6-17(13)19(2)12-14-7-8-16-15(11-14)9-10-18-16/h3-8,11,18H,9-10,12H2,1-2H3. The quantitative estimate of drug-likeness (QED) is 0.898. The predicted molar refractivity (Wildman–Crippen MR) is 81.9 cm³/mol. The Bertz CT molecular complexity index is 590. The molecular weight excluding hydrogens is 232 g/mol. The number of para-hydroxylation sites is 1. The van der Waals surface area contributed by atoms with Gasteiger partial charge in [0.2, 0.25) is 0 Å². The molecule has 0 saturated carbocycles. The van der Waals surface area contributed by atoms with Crippen LogP contribution in [0.25, 0.3) is 0 Å². The van der Waals surface area contributed by atoms with Crippen molar-refractivity contribution in [1.29, 1.82) is 0 Å². The molecule has 0 atom stereocenters. The van der Waals surface area contributed by atoms with E-state index in [1.54, 1.807) is 0 Å². The first kappa shape index (κ1) is 12.1. The maximum Gasteiger partial charge on any atom is 0.0426 e. The van der Waals surface area contributed by atoms with E-state index in [1.807, 2.05) is 0 Å². The van der Waals surface area contributed by atoms with Crippen LogP contribution in [0.2, 0.25) is 0 Å². The van der Waals surface area contributed by atoms with Gasteiger partial charge in [-0.1, -0.05) is 30.3 Å². The molecule has 2 heteroatoms. The minimum atomic E-state index is 0.956. The van der Waals surface area contributed by atoms with Crippen molar-refractivity contribution in [3.63, 3.8) is 0 Å². The third-order valence-corrected chi connectivity index (χ3v) is 3.83. The normalized spacial score (nSPS) is 12.9. The maximum atomic E-state index is 3.41. The summed E-state index contributed by atoms with van der Waals surface area (Å²) in [6.45, 7) is 4.20. The summed E-state index contributed by atoms with van der Waals surface area (Å²) in [6, 6.07) is 15.3. The molecule has 0 fully saturated rings. The molecule has 1 aliphatic rings. The SMILES string of the molecule is Cc1ccccc1N(C)Cc1ccc2c(c1)CCN2. The van der Waals surface area contributed by atoms with Crippen molar-refractivity contribution < 1.29 is 0 Å². The van der Waals surface area contributed by atoms with Gasteiger partial charge in [-0.3, -0.25) is 0 Å². The Hall–Kier alpha value is -1.96. The van der Waals surface area contributed by atoms with Gasteiger partial charge in [-0.15, -0.1) is 0 Å². The Morgan fingerprint density at radius 3 is 2.84 bits per heavy atom. The number of aryl methyl sites for hydroxylation is 1. The van der Waals surface area contributed by atoms with Crippen LogP contribution in [0.15, 0.2) is 42.5 Å². The van der Waals surface area contributed by atoms with Crippen molar-refractivity contribution in [2.45, 2.75) is 19.9 Å². The molecule has 1 heterocycles. The zero-order valence-electron chi connectivity index (χ0n) is 11.6. The summed E-state index contributed by atoms with van der Waals surface area (Å²) in [5.74, 6) is 0. The van der Waals surface area contributed by atoms with E-state index in [0.29, 0.717) is 0 Å². The minimum Gasteiger partial charge on any atom is -0.384 e. The number of nitrogens with zero attached hydrogens (tertiary/aromatic N) is 1. The topological polar surface area (TPSA) is 15.3 Å². The maximum absolute atomic E-state index is 3.41. The summed E-state index contributed by atoms with van der Waals surface area (Å²) in [5.41, 5.74) is 6.78. The second-order valence-corrected chi connectivity index (χ2v) is 5.31.